The Balaban J connectivity index is 2.51. The van der Waals surface area contributed by atoms with Crippen molar-refractivity contribution in [1.29, 1.82) is 0 Å². The molecule has 1 aliphatic heterocycles. The summed E-state index contributed by atoms with van der Waals surface area (Å²) in [6, 6.07) is 0. The summed E-state index contributed by atoms with van der Waals surface area (Å²) in [6.07, 6.45) is -1.57. The van der Waals surface area contributed by atoms with Crippen molar-refractivity contribution in [3.05, 3.63) is 0 Å². The van der Waals surface area contributed by atoms with E-state index in [9.17, 15) is 9.59 Å². The van der Waals surface area contributed by atoms with Crippen molar-refractivity contribution in [3.63, 3.8) is 0 Å². The molecule has 1 fully saturated rings. The van der Waals surface area contributed by atoms with E-state index in [2.05, 4.69) is 0 Å². The van der Waals surface area contributed by atoms with E-state index >= 15 is 0 Å². The molecule has 1 aliphatic rings. The first kappa shape index (κ1) is 8.99. The number of carbonyl (C=O) groups excluding carboxylic acids is 1. The van der Waals surface area contributed by atoms with Crippen LogP contribution >= 0.6 is 0 Å². The van der Waals surface area contributed by atoms with Crippen LogP contribution in [0.25, 0.3) is 0 Å². The molecule has 0 spiro atoms. The van der Waals surface area contributed by atoms with Gasteiger partial charge in [0.25, 0.3) is 0 Å². The third-order valence-corrected chi connectivity index (χ3v) is 1.79. The molecule has 68 valence electrons. The molecule has 1 atom stereocenters. The van der Waals surface area contributed by atoms with Crippen molar-refractivity contribution in [3.8, 4) is 0 Å². The fourth-order valence-corrected chi connectivity index (χ4v) is 1.07. The first-order valence-electron chi connectivity index (χ1n) is 3.71. The van der Waals surface area contributed by atoms with Gasteiger partial charge in [0.1, 0.15) is 6.10 Å². The van der Waals surface area contributed by atoms with Crippen LogP contribution in [-0.4, -0.2) is 47.7 Å². The quantitative estimate of drug-likeness (QED) is 0.604. The summed E-state index contributed by atoms with van der Waals surface area (Å²) in [4.78, 5) is 22.5. The zero-order valence-electron chi connectivity index (χ0n) is 6.82. The molecule has 0 aromatic rings. The summed E-state index contributed by atoms with van der Waals surface area (Å²) in [5.41, 5.74) is 0. The van der Waals surface area contributed by atoms with Gasteiger partial charge >= 0.3 is 6.09 Å². The number of hydrogen-bond acceptors (Lipinski definition) is 3. The molecule has 0 unspecified atom stereocenters. The summed E-state index contributed by atoms with van der Waals surface area (Å²) in [5.74, 6) is -0.124. The fourth-order valence-electron chi connectivity index (χ4n) is 1.07. The van der Waals surface area contributed by atoms with Gasteiger partial charge in [0, 0.05) is 6.54 Å². The van der Waals surface area contributed by atoms with E-state index in [0.717, 1.165) is 0 Å². The maximum Gasteiger partial charge on any atom is 0.407 e. The molecule has 1 amide bonds. The number of nitrogens with zero attached hydrogens (tertiary/aromatic N) is 1. The topological polar surface area (TPSA) is 66.8 Å². The second kappa shape index (κ2) is 3.53. The van der Waals surface area contributed by atoms with Gasteiger partial charge in [0.2, 0.25) is 0 Å². The van der Waals surface area contributed by atoms with E-state index in [1.165, 1.54) is 11.8 Å². The monoisotopic (exact) mass is 173 g/mol. The number of ketones is 1. The highest BCUT2D eigenvalue weighted by atomic mass is 16.5. The molecule has 0 saturated carbocycles. The normalized spacial score (nSPS) is 23.8. The van der Waals surface area contributed by atoms with Crippen molar-refractivity contribution in [2.75, 3.05) is 19.7 Å². The molecule has 1 heterocycles. The maximum atomic E-state index is 10.8. The van der Waals surface area contributed by atoms with Crippen LogP contribution in [0.3, 0.4) is 0 Å². The van der Waals surface area contributed by atoms with Gasteiger partial charge < -0.3 is 14.7 Å². The van der Waals surface area contributed by atoms with Crippen molar-refractivity contribution >= 4 is 11.9 Å². The molecule has 0 aromatic carbocycles. The van der Waals surface area contributed by atoms with Crippen molar-refractivity contribution in [2.24, 2.45) is 0 Å². The van der Waals surface area contributed by atoms with Crippen LogP contribution in [0, 0.1) is 0 Å². The Kier molecular flexibility index (Phi) is 2.65. The van der Waals surface area contributed by atoms with E-state index in [1.54, 1.807) is 0 Å². The average molecular weight is 173 g/mol. The van der Waals surface area contributed by atoms with Crippen molar-refractivity contribution in [2.45, 2.75) is 13.0 Å². The van der Waals surface area contributed by atoms with E-state index in [-0.39, 0.29) is 12.3 Å². The predicted octanol–water partition coefficient (Wildman–Crippen LogP) is -0.0458. The Morgan fingerprint density at radius 1 is 1.58 bits per heavy atom. The minimum atomic E-state index is -0.996. The minimum absolute atomic E-state index is 0.124. The number of carbonyl (C=O) groups is 2. The molecule has 1 N–H and O–H groups in total. The standard InChI is InChI=1S/C7H11NO4/c1-5(9)6-4-8(7(10)11)2-3-12-6/h6H,2-4H2,1H3,(H,10,11)/t6-/m0/s1. The number of amides is 1. The number of rotatable bonds is 1. The molecule has 0 radical (unpaired) electrons. The lowest BCUT2D eigenvalue weighted by molar-refractivity contribution is -0.132. The lowest BCUT2D eigenvalue weighted by atomic mass is 10.2. The van der Waals surface area contributed by atoms with Gasteiger partial charge in [-0.15, -0.1) is 0 Å². The Morgan fingerprint density at radius 3 is 2.75 bits per heavy atom. The molecule has 1 rings (SSSR count). The van der Waals surface area contributed by atoms with Crippen LogP contribution in [0.1, 0.15) is 6.92 Å². The smallest absolute Gasteiger partial charge is 0.407 e. The molecule has 5 nitrogen and oxygen atoms in total. The second-order valence-corrected chi connectivity index (χ2v) is 2.70. The molecule has 0 aromatic heterocycles. The van der Waals surface area contributed by atoms with Gasteiger partial charge in [-0.3, -0.25) is 4.79 Å². The molecule has 0 aliphatic carbocycles. The summed E-state index contributed by atoms with van der Waals surface area (Å²) >= 11 is 0. The van der Waals surface area contributed by atoms with Crippen molar-refractivity contribution < 1.29 is 19.4 Å². The third kappa shape index (κ3) is 1.94. The van der Waals surface area contributed by atoms with E-state index in [4.69, 9.17) is 9.84 Å². The van der Waals surface area contributed by atoms with Crippen LogP contribution in [0.5, 0.6) is 0 Å². The summed E-state index contributed by atoms with van der Waals surface area (Å²) in [5, 5.41) is 8.60. The zero-order chi connectivity index (χ0) is 9.14. The molecular weight excluding hydrogens is 162 g/mol. The fraction of sp³-hybridized carbons (Fsp3) is 0.714. The lowest BCUT2D eigenvalue weighted by Crippen LogP contribution is -2.47. The minimum Gasteiger partial charge on any atom is -0.465 e. The summed E-state index contributed by atoms with van der Waals surface area (Å²) in [6.45, 7) is 2.20. The summed E-state index contributed by atoms with van der Waals surface area (Å²) < 4.78 is 5.07. The molecule has 5 heteroatoms. The number of carboxylic acid groups (broad SMARTS) is 1. The number of morpholine rings is 1. The first-order valence-corrected chi connectivity index (χ1v) is 3.71. The predicted molar refractivity (Wildman–Crippen MR) is 40.0 cm³/mol. The van der Waals surface area contributed by atoms with Crippen LogP contribution in [0.4, 0.5) is 4.79 Å². The highest BCUT2D eigenvalue weighted by Gasteiger charge is 2.26. The first-order chi connectivity index (χ1) is 5.61. The van der Waals surface area contributed by atoms with Crippen LogP contribution in [0.2, 0.25) is 0 Å². The highest BCUT2D eigenvalue weighted by molar-refractivity contribution is 5.81. The van der Waals surface area contributed by atoms with Gasteiger partial charge in [-0.2, -0.15) is 0 Å². The molecule has 12 heavy (non-hydrogen) atoms. The van der Waals surface area contributed by atoms with Crippen LogP contribution < -0.4 is 0 Å². The number of hydrogen-bond donors (Lipinski definition) is 1. The Hall–Kier alpha value is -1.10. The van der Waals surface area contributed by atoms with Crippen LogP contribution in [0.15, 0.2) is 0 Å². The van der Waals surface area contributed by atoms with Gasteiger partial charge in [0.15, 0.2) is 5.78 Å². The van der Waals surface area contributed by atoms with Crippen LogP contribution in [-0.2, 0) is 9.53 Å². The Labute approximate surface area is 69.9 Å². The van der Waals surface area contributed by atoms with E-state index in [1.807, 2.05) is 0 Å². The van der Waals surface area contributed by atoms with Gasteiger partial charge in [-0.25, -0.2) is 4.79 Å². The lowest BCUT2D eigenvalue weighted by Gasteiger charge is -2.29. The van der Waals surface area contributed by atoms with Gasteiger partial charge in [-0.1, -0.05) is 0 Å². The van der Waals surface area contributed by atoms with Gasteiger partial charge in [0.05, 0.1) is 13.2 Å². The molecule has 0 bridgehead atoms. The second-order valence-electron chi connectivity index (χ2n) is 2.70. The largest absolute Gasteiger partial charge is 0.465 e. The third-order valence-electron chi connectivity index (χ3n) is 1.79. The van der Waals surface area contributed by atoms with E-state index < -0.39 is 12.2 Å². The summed E-state index contributed by atoms with van der Waals surface area (Å²) in [7, 11) is 0. The number of Topliss-reactive ketones (excluding diaryl/α,β-unsaturated/α-hetero) is 1. The van der Waals surface area contributed by atoms with Crippen molar-refractivity contribution in [1.82, 2.24) is 4.90 Å². The van der Waals surface area contributed by atoms with Gasteiger partial charge in [-0.05, 0) is 6.92 Å². The Morgan fingerprint density at radius 2 is 2.25 bits per heavy atom. The zero-order valence-corrected chi connectivity index (χ0v) is 6.82. The SMILES string of the molecule is CC(=O)[C@@H]1CN(C(=O)O)CCO1. The molecular formula is C7H11NO4. The highest BCUT2D eigenvalue weighted by Crippen LogP contribution is 2.05. The maximum absolute atomic E-state index is 10.8. The average Bonchev–Trinajstić information content (AvgIpc) is 2.04. The number of ether oxygens (including phenoxy) is 1. The molecule has 1 saturated heterocycles. The van der Waals surface area contributed by atoms with E-state index in [0.29, 0.717) is 13.2 Å². The Bertz CT molecular complexity index is 184.